The Morgan fingerprint density at radius 1 is 1.04 bits per heavy atom. The standard InChI is InChI=1S/C17H14N2O5/c20-15-8-9-16(21)19(15)14-10-11(17(22)23)6-7-13(14)18-24-12-4-2-1-3-5-12/h1-7,10,18H,8-9H2,(H,22,23). The van der Waals surface area contributed by atoms with Crippen molar-refractivity contribution < 1.29 is 24.3 Å². The summed E-state index contributed by atoms with van der Waals surface area (Å²) in [4.78, 5) is 41.6. The van der Waals surface area contributed by atoms with E-state index < -0.39 is 5.97 Å². The maximum Gasteiger partial charge on any atom is 0.335 e. The van der Waals surface area contributed by atoms with Crippen LogP contribution in [0.5, 0.6) is 5.75 Å². The molecule has 0 unspecified atom stereocenters. The largest absolute Gasteiger partial charge is 0.478 e. The molecule has 0 saturated carbocycles. The summed E-state index contributed by atoms with van der Waals surface area (Å²) < 4.78 is 0. The third-order valence-electron chi connectivity index (χ3n) is 3.56. The SMILES string of the molecule is O=C(O)c1ccc(NOc2ccccc2)c(N2C(=O)CCC2=O)c1. The monoisotopic (exact) mass is 326 g/mol. The van der Waals surface area contributed by atoms with Crippen molar-refractivity contribution >= 4 is 29.2 Å². The molecule has 1 heterocycles. The van der Waals surface area contributed by atoms with Crippen LogP contribution in [0.4, 0.5) is 11.4 Å². The number of hydrogen-bond donors (Lipinski definition) is 2. The van der Waals surface area contributed by atoms with Crippen molar-refractivity contribution in [3.63, 3.8) is 0 Å². The van der Waals surface area contributed by atoms with Crippen LogP contribution in [0.3, 0.4) is 0 Å². The summed E-state index contributed by atoms with van der Waals surface area (Å²) in [5, 5.41) is 9.14. The zero-order valence-electron chi connectivity index (χ0n) is 12.6. The molecule has 7 nitrogen and oxygen atoms in total. The van der Waals surface area contributed by atoms with Gasteiger partial charge in [-0.05, 0) is 30.3 Å². The number of rotatable bonds is 5. The fourth-order valence-corrected chi connectivity index (χ4v) is 2.38. The first-order valence-electron chi connectivity index (χ1n) is 7.27. The molecule has 2 amide bonds. The topological polar surface area (TPSA) is 95.9 Å². The smallest absolute Gasteiger partial charge is 0.335 e. The van der Waals surface area contributed by atoms with Gasteiger partial charge in [-0.2, -0.15) is 0 Å². The van der Waals surface area contributed by atoms with Gasteiger partial charge in [-0.1, -0.05) is 18.2 Å². The van der Waals surface area contributed by atoms with Crippen molar-refractivity contribution in [2.75, 3.05) is 10.4 Å². The zero-order chi connectivity index (χ0) is 17.1. The molecule has 1 aliphatic rings. The third-order valence-corrected chi connectivity index (χ3v) is 3.56. The number of carbonyl (C=O) groups excluding carboxylic acids is 2. The lowest BCUT2D eigenvalue weighted by molar-refractivity contribution is -0.121. The molecule has 1 saturated heterocycles. The summed E-state index contributed by atoms with van der Waals surface area (Å²) in [5.41, 5.74) is 3.14. The average Bonchev–Trinajstić information content (AvgIpc) is 2.92. The van der Waals surface area contributed by atoms with Crippen molar-refractivity contribution in [1.82, 2.24) is 0 Å². The molecule has 2 N–H and O–H groups in total. The molecule has 3 rings (SSSR count). The number of para-hydroxylation sites is 1. The second-order valence-electron chi connectivity index (χ2n) is 5.18. The Hall–Kier alpha value is -3.35. The summed E-state index contributed by atoms with van der Waals surface area (Å²) in [6, 6.07) is 13.0. The molecule has 7 heteroatoms. The van der Waals surface area contributed by atoms with Gasteiger partial charge in [-0.3, -0.25) is 9.59 Å². The summed E-state index contributed by atoms with van der Waals surface area (Å²) in [6.45, 7) is 0. The molecule has 1 aliphatic heterocycles. The van der Waals surface area contributed by atoms with E-state index in [0.29, 0.717) is 11.4 Å². The molecule has 0 spiro atoms. The van der Waals surface area contributed by atoms with Crippen molar-refractivity contribution in [2.24, 2.45) is 0 Å². The number of aromatic carboxylic acids is 1. The second kappa shape index (κ2) is 6.41. The number of amides is 2. The highest BCUT2D eigenvalue weighted by molar-refractivity contribution is 6.21. The van der Waals surface area contributed by atoms with Crippen LogP contribution in [-0.4, -0.2) is 22.9 Å². The molecule has 2 aromatic carbocycles. The van der Waals surface area contributed by atoms with Crippen molar-refractivity contribution in [3.05, 3.63) is 54.1 Å². The molecular formula is C17H14N2O5. The highest BCUT2D eigenvalue weighted by Gasteiger charge is 2.32. The summed E-state index contributed by atoms with van der Waals surface area (Å²) in [7, 11) is 0. The Morgan fingerprint density at radius 3 is 2.33 bits per heavy atom. The fourth-order valence-electron chi connectivity index (χ4n) is 2.38. The lowest BCUT2D eigenvalue weighted by atomic mass is 10.1. The summed E-state index contributed by atoms with van der Waals surface area (Å²) in [6.07, 6.45) is 0.213. The van der Waals surface area contributed by atoms with Crippen LogP contribution >= 0.6 is 0 Å². The minimum atomic E-state index is -1.15. The van der Waals surface area contributed by atoms with E-state index >= 15 is 0 Å². The van der Waals surface area contributed by atoms with Gasteiger partial charge in [0.2, 0.25) is 11.8 Å². The number of carboxylic acid groups (broad SMARTS) is 1. The van der Waals surface area contributed by atoms with E-state index in [1.165, 1.54) is 18.2 Å². The van der Waals surface area contributed by atoms with Crippen LogP contribution < -0.4 is 15.2 Å². The van der Waals surface area contributed by atoms with Gasteiger partial charge in [0.1, 0.15) is 0 Å². The van der Waals surface area contributed by atoms with Gasteiger partial charge in [0.05, 0.1) is 16.9 Å². The van der Waals surface area contributed by atoms with Crippen LogP contribution in [0, 0.1) is 0 Å². The maximum atomic E-state index is 12.0. The maximum absolute atomic E-state index is 12.0. The van der Waals surface area contributed by atoms with Crippen LogP contribution in [0.15, 0.2) is 48.5 Å². The normalized spacial score (nSPS) is 13.9. The fraction of sp³-hybridized carbons (Fsp3) is 0.118. The zero-order valence-corrected chi connectivity index (χ0v) is 12.6. The number of benzene rings is 2. The molecule has 0 aliphatic carbocycles. The Labute approximate surface area is 137 Å². The van der Waals surface area contributed by atoms with Gasteiger partial charge in [0, 0.05) is 12.8 Å². The van der Waals surface area contributed by atoms with Gasteiger partial charge in [0.25, 0.3) is 0 Å². The first-order valence-corrected chi connectivity index (χ1v) is 7.27. The van der Waals surface area contributed by atoms with E-state index in [2.05, 4.69) is 5.48 Å². The lowest BCUT2D eigenvalue weighted by Gasteiger charge is -2.19. The van der Waals surface area contributed by atoms with E-state index in [-0.39, 0.29) is 35.9 Å². The number of carboxylic acids is 1. The molecule has 1 fully saturated rings. The first-order chi connectivity index (χ1) is 11.6. The Kier molecular flexibility index (Phi) is 4.15. The minimum Gasteiger partial charge on any atom is -0.478 e. The summed E-state index contributed by atoms with van der Waals surface area (Å²) >= 11 is 0. The predicted octanol–water partition coefficient (Wildman–Crippen LogP) is 2.44. The summed E-state index contributed by atoms with van der Waals surface area (Å²) in [5.74, 6) is -1.36. The van der Waals surface area contributed by atoms with Crippen LogP contribution in [0.25, 0.3) is 0 Å². The molecule has 24 heavy (non-hydrogen) atoms. The number of nitrogens with zero attached hydrogens (tertiary/aromatic N) is 1. The van der Waals surface area contributed by atoms with E-state index in [4.69, 9.17) is 9.94 Å². The Morgan fingerprint density at radius 2 is 1.71 bits per heavy atom. The lowest BCUT2D eigenvalue weighted by Crippen LogP contribution is -2.30. The van der Waals surface area contributed by atoms with Crippen molar-refractivity contribution in [1.29, 1.82) is 0 Å². The molecule has 2 aromatic rings. The number of hydrogen-bond acceptors (Lipinski definition) is 5. The van der Waals surface area contributed by atoms with Crippen molar-refractivity contribution in [3.8, 4) is 5.75 Å². The number of nitrogens with one attached hydrogen (secondary N) is 1. The highest BCUT2D eigenvalue weighted by Crippen LogP contribution is 2.31. The number of carbonyl (C=O) groups is 3. The van der Waals surface area contributed by atoms with Gasteiger partial charge in [-0.25, -0.2) is 15.2 Å². The Balaban J connectivity index is 1.94. The quantitative estimate of drug-likeness (QED) is 0.647. The molecule has 122 valence electrons. The Bertz CT molecular complexity index is 788. The molecule has 0 radical (unpaired) electrons. The van der Waals surface area contributed by atoms with E-state index in [9.17, 15) is 14.4 Å². The first kappa shape index (κ1) is 15.5. The van der Waals surface area contributed by atoms with E-state index in [0.717, 1.165) is 4.90 Å². The second-order valence-corrected chi connectivity index (χ2v) is 5.18. The van der Waals surface area contributed by atoms with Gasteiger partial charge in [0.15, 0.2) is 5.75 Å². The highest BCUT2D eigenvalue weighted by atomic mass is 16.6. The number of imide groups is 1. The van der Waals surface area contributed by atoms with Crippen LogP contribution in [-0.2, 0) is 9.59 Å². The van der Waals surface area contributed by atoms with Crippen molar-refractivity contribution in [2.45, 2.75) is 12.8 Å². The minimum absolute atomic E-state index is 0.0252. The molecule has 0 atom stereocenters. The number of anilines is 2. The molecule has 0 bridgehead atoms. The molecular weight excluding hydrogens is 312 g/mol. The van der Waals surface area contributed by atoms with Gasteiger partial charge >= 0.3 is 5.97 Å². The van der Waals surface area contributed by atoms with Gasteiger partial charge < -0.3 is 9.94 Å². The average molecular weight is 326 g/mol. The van der Waals surface area contributed by atoms with E-state index in [1.54, 1.807) is 24.3 Å². The van der Waals surface area contributed by atoms with E-state index in [1.807, 2.05) is 6.07 Å². The third kappa shape index (κ3) is 3.05. The van der Waals surface area contributed by atoms with Gasteiger partial charge in [-0.15, -0.1) is 0 Å². The molecule has 0 aromatic heterocycles. The predicted molar refractivity (Wildman–Crippen MR) is 85.8 cm³/mol. The van der Waals surface area contributed by atoms with Crippen LogP contribution in [0.2, 0.25) is 0 Å². The van der Waals surface area contributed by atoms with Crippen LogP contribution in [0.1, 0.15) is 23.2 Å².